The maximum absolute atomic E-state index is 12.4. The van der Waals surface area contributed by atoms with E-state index in [0.29, 0.717) is 25.2 Å². The molecule has 1 aromatic carbocycles. The summed E-state index contributed by atoms with van der Waals surface area (Å²) in [5, 5.41) is 15.5. The zero-order chi connectivity index (χ0) is 21.1. The molecule has 3 heterocycles. The van der Waals surface area contributed by atoms with Crippen molar-refractivity contribution in [2.45, 2.75) is 25.0 Å². The fraction of sp³-hybridized carbons (Fsp3) is 0.381. The molecule has 1 aliphatic rings. The number of nitriles is 1. The molecule has 0 aliphatic carbocycles. The summed E-state index contributed by atoms with van der Waals surface area (Å²) in [5.41, 5.74) is 2.24. The van der Waals surface area contributed by atoms with Crippen LogP contribution in [0.4, 0.5) is 0 Å². The number of fused-ring (bicyclic) bond motifs is 1. The minimum absolute atomic E-state index is 0.265. The highest BCUT2D eigenvalue weighted by atomic mass is 32.1. The Morgan fingerprint density at radius 3 is 3.13 bits per heavy atom. The van der Waals surface area contributed by atoms with Crippen LogP contribution >= 0.6 is 11.3 Å². The number of aromatic nitrogens is 1. The molecule has 0 saturated carbocycles. The van der Waals surface area contributed by atoms with E-state index in [0.717, 1.165) is 33.8 Å². The van der Waals surface area contributed by atoms with Crippen LogP contribution in [0.5, 0.6) is 0 Å². The van der Waals surface area contributed by atoms with Crippen molar-refractivity contribution in [3.05, 3.63) is 45.8 Å². The lowest BCUT2D eigenvalue weighted by atomic mass is 10.1. The molecule has 1 unspecified atom stereocenters. The monoisotopic (exact) mass is 426 g/mol. The number of nitrogens with zero attached hydrogens (tertiary/aromatic N) is 2. The third-order valence-corrected chi connectivity index (χ3v) is 6.21. The average Bonchev–Trinajstić information content (AvgIpc) is 3.19. The zero-order valence-corrected chi connectivity index (χ0v) is 17.3. The zero-order valence-electron chi connectivity index (χ0n) is 16.5. The normalized spacial score (nSPS) is 17.9. The lowest BCUT2D eigenvalue weighted by molar-refractivity contribution is -0.132. The summed E-state index contributed by atoms with van der Waals surface area (Å²) in [7, 11) is 1.67. The van der Waals surface area contributed by atoms with Crippen molar-refractivity contribution >= 4 is 28.3 Å². The molecule has 1 saturated heterocycles. The third kappa shape index (κ3) is 4.31. The molecule has 8 nitrogen and oxygen atoms in total. The first kappa shape index (κ1) is 20.3. The van der Waals surface area contributed by atoms with Gasteiger partial charge in [-0.15, -0.1) is 11.3 Å². The van der Waals surface area contributed by atoms with Gasteiger partial charge in [-0.1, -0.05) is 0 Å². The molecule has 0 bridgehead atoms. The Balaban J connectivity index is 1.45. The molecule has 0 spiro atoms. The number of hydrogen-bond donors (Lipinski definition) is 2. The van der Waals surface area contributed by atoms with E-state index >= 15 is 0 Å². The summed E-state index contributed by atoms with van der Waals surface area (Å²) >= 11 is 1.55. The lowest BCUT2D eigenvalue weighted by Gasteiger charge is -2.17. The van der Waals surface area contributed by atoms with Crippen LogP contribution in [0, 0.1) is 11.3 Å². The van der Waals surface area contributed by atoms with Gasteiger partial charge in [0.1, 0.15) is 12.1 Å². The fourth-order valence-corrected chi connectivity index (χ4v) is 4.45. The Bertz CT molecular complexity index is 1150. The number of oxazole rings is 1. The van der Waals surface area contributed by atoms with Crippen molar-refractivity contribution in [3.8, 4) is 16.5 Å². The van der Waals surface area contributed by atoms with Crippen LogP contribution in [0.15, 0.2) is 39.5 Å². The van der Waals surface area contributed by atoms with Crippen molar-refractivity contribution in [2.75, 3.05) is 19.7 Å². The Labute approximate surface area is 177 Å². The molecular formula is C21H22N4O4S. The summed E-state index contributed by atoms with van der Waals surface area (Å²) in [6.07, 6.45) is 0.706. The number of carbonyl (C=O) groups is 1. The summed E-state index contributed by atoms with van der Waals surface area (Å²) in [4.78, 5) is 26.1. The molecule has 2 aromatic heterocycles. The Morgan fingerprint density at radius 1 is 1.43 bits per heavy atom. The number of ether oxygens (including phenoxy) is 1. The van der Waals surface area contributed by atoms with E-state index in [4.69, 9.17) is 9.15 Å². The number of thiophene rings is 1. The number of rotatable bonds is 5. The lowest BCUT2D eigenvalue weighted by Crippen LogP contribution is -2.46. The predicted molar refractivity (Wildman–Crippen MR) is 113 cm³/mol. The number of amides is 1. The largest absolute Gasteiger partial charge is 0.419 e. The second-order valence-electron chi connectivity index (χ2n) is 7.19. The van der Waals surface area contributed by atoms with Gasteiger partial charge in [-0.25, -0.2) is 4.79 Å². The summed E-state index contributed by atoms with van der Waals surface area (Å²) in [6.45, 7) is 1.80. The average molecular weight is 426 g/mol. The van der Waals surface area contributed by atoms with Crippen LogP contribution < -0.4 is 16.4 Å². The number of hydrogen-bond acceptors (Lipinski definition) is 7. The topological polar surface area (TPSA) is 109 Å². The maximum Gasteiger partial charge on any atom is 0.419 e. The molecule has 30 heavy (non-hydrogen) atoms. The van der Waals surface area contributed by atoms with Crippen molar-refractivity contribution in [3.63, 3.8) is 0 Å². The number of aryl methyl sites for hydroxylation is 1. The van der Waals surface area contributed by atoms with Gasteiger partial charge in [0.15, 0.2) is 5.58 Å². The van der Waals surface area contributed by atoms with E-state index in [-0.39, 0.29) is 5.91 Å². The second kappa shape index (κ2) is 8.83. The van der Waals surface area contributed by atoms with E-state index in [1.807, 2.05) is 24.3 Å². The van der Waals surface area contributed by atoms with Gasteiger partial charge in [0.05, 0.1) is 11.6 Å². The van der Waals surface area contributed by atoms with Gasteiger partial charge in [-0.05, 0) is 48.9 Å². The molecular weight excluding hydrogens is 404 g/mol. The van der Waals surface area contributed by atoms with Crippen molar-refractivity contribution in [2.24, 2.45) is 7.05 Å². The van der Waals surface area contributed by atoms with Crippen LogP contribution in [0.2, 0.25) is 0 Å². The molecule has 1 amide bonds. The SMILES string of the molecule is Cn1c(=O)oc2ccc(-c3ccc(CC(C#N)NC(=O)[C@@H]4CNCCCO4)s3)cc21. The van der Waals surface area contributed by atoms with Gasteiger partial charge in [0.2, 0.25) is 0 Å². The molecule has 3 aromatic rings. The third-order valence-electron chi connectivity index (χ3n) is 5.05. The number of nitrogens with one attached hydrogen (secondary N) is 2. The molecule has 1 fully saturated rings. The number of benzene rings is 1. The fourth-order valence-electron chi connectivity index (χ4n) is 3.40. The number of carbonyl (C=O) groups excluding carboxylic acids is 1. The van der Waals surface area contributed by atoms with E-state index in [1.165, 1.54) is 4.57 Å². The first-order chi connectivity index (χ1) is 14.5. The molecule has 2 N–H and O–H groups in total. The van der Waals surface area contributed by atoms with Crippen molar-refractivity contribution in [1.82, 2.24) is 15.2 Å². The maximum atomic E-state index is 12.4. The molecule has 0 radical (unpaired) electrons. The van der Waals surface area contributed by atoms with Crippen molar-refractivity contribution < 1.29 is 13.9 Å². The van der Waals surface area contributed by atoms with Crippen LogP contribution in [0.1, 0.15) is 11.3 Å². The summed E-state index contributed by atoms with van der Waals surface area (Å²) in [5.74, 6) is -0.659. The van der Waals surface area contributed by atoms with E-state index in [2.05, 4.69) is 16.7 Å². The Hall–Kier alpha value is -2.93. The van der Waals surface area contributed by atoms with Gasteiger partial charge >= 0.3 is 5.76 Å². The Morgan fingerprint density at radius 2 is 2.30 bits per heavy atom. The first-order valence-electron chi connectivity index (χ1n) is 9.76. The van der Waals surface area contributed by atoms with E-state index in [1.54, 1.807) is 24.5 Å². The quantitative estimate of drug-likeness (QED) is 0.644. The molecule has 9 heteroatoms. The van der Waals surface area contributed by atoms with Crippen LogP contribution in [-0.2, 0) is 23.0 Å². The highest BCUT2D eigenvalue weighted by Gasteiger charge is 2.23. The van der Waals surface area contributed by atoms with Crippen molar-refractivity contribution in [1.29, 1.82) is 5.26 Å². The van der Waals surface area contributed by atoms with Crippen LogP contribution in [0.3, 0.4) is 0 Å². The molecule has 156 valence electrons. The van der Waals surface area contributed by atoms with Gasteiger partial charge in [-0.3, -0.25) is 9.36 Å². The summed E-state index contributed by atoms with van der Waals surface area (Å²) < 4.78 is 12.2. The molecule has 4 rings (SSSR count). The smallest absolute Gasteiger partial charge is 0.408 e. The minimum Gasteiger partial charge on any atom is -0.408 e. The Kier molecular flexibility index (Phi) is 5.99. The highest BCUT2D eigenvalue weighted by molar-refractivity contribution is 7.15. The standard InChI is InChI=1S/C21H22N4O4S/c1-25-16-9-13(3-5-17(16)29-21(25)27)19-6-4-15(30-19)10-14(11-22)24-20(26)18-12-23-7-2-8-28-18/h3-6,9,14,18,23H,2,7-8,10,12H2,1H3,(H,24,26)/t14?,18-/m0/s1. The van der Waals surface area contributed by atoms with Gasteiger partial charge in [0.25, 0.3) is 5.91 Å². The second-order valence-corrected chi connectivity index (χ2v) is 8.36. The molecule has 2 atom stereocenters. The van der Waals surface area contributed by atoms with Crippen LogP contribution in [-0.4, -0.2) is 42.3 Å². The van der Waals surface area contributed by atoms with E-state index in [9.17, 15) is 14.9 Å². The van der Waals surface area contributed by atoms with Gasteiger partial charge in [-0.2, -0.15) is 5.26 Å². The minimum atomic E-state index is -0.631. The first-order valence-corrected chi connectivity index (χ1v) is 10.6. The predicted octanol–water partition coefficient (Wildman–Crippen LogP) is 1.79. The highest BCUT2D eigenvalue weighted by Crippen LogP contribution is 2.30. The van der Waals surface area contributed by atoms with E-state index < -0.39 is 17.9 Å². The van der Waals surface area contributed by atoms with Gasteiger partial charge in [0, 0.05) is 36.4 Å². The molecule has 1 aliphatic heterocycles. The van der Waals surface area contributed by atoms with Gasteiger partial charge < -0.3 is 19.8 Å². The van der Waals surface area contributed by atoms with Crippen LogP contribution in [0.25, 0.3) is 21.5 Å². The summed E-state index contributed by atoms with van der Waals surface area (Å²) in [6, 6.07) is 11.1.